The Kier molecular flexibility index (Phi) is 5.76. The fraction of sp³-hybridized carbons (Fsp3) is 0.579. The van der Waals surface area contributed by atoms with E-state index in [1.54, 1.807) is 37.1 Å². The third-order valence-corrected chi connectivity index (χ3v) is 5.28. The summed E-state index contributed by atoms with van der Waals surface area (Å²) in [5.41, 5.74) is 1.46. The number of aryl methyl sites for hydroxylation is 1. The van der Waals surface area contributed by atoms with Crippen LogP contribution < -0.4 is 0 Å². The molecule has 1 fully saturated rings. The molecule has 1 aliphatic rings. The fourth-order valence-corrected chi connectivity index (χ4v) is 3.80. The van der Waals surface area contributed by atoms with Gasteiger partial charge in [0.2, 0.25) is 0 Å². The van der Waals surface area contributed by atoms with Crippen molar-refractivity contribution < 1.29 is 18.7 Å². The van der Waals surface area contributed by atoms with Gasteiger partial charge in [0.05, 0.1) is 17.1 Å². The van der Waals surface area contributed by atoms with Crippen molar-refractivity contribution in [2.75, 3.05) is 26.7 Å². The molecule has 0 saturated carbocycles. The van der Waals surface area contributed by atoms with Crippen LogP contribution >= 0.6 is 0 Å². The molecule has 148 valence electrons. The zero-order valence-electron chi connectivity index (χ0n) is 15.9. The Morgan fingerprint density at radius 2 is 2.04 bits per heavy atom. The molecule has 0 spiro atoms. The number of carbonyl (C=O) groups excluding carboxylic acids is 1. The SMILES string of the molecule is CC(O)CN(C)C1CCN(C(=O)c2ccc3c(c2)nc(C(F)F)n3C)CC1. The Bertz CT molecular complexity index is 813. The summed E-state index contributed by atoms with van der Waals surface area (Å²) in [5.74, 6) is -0.394. The summed E-state index contributed by atoms with van der Waals surface area (Å²) >= 11 is 0. The van der Waals surface area contributed by atoms with Crippen molar-refractivity contribution >= 4 is 16.9 Å². The number of rotatable bonds is 5. The molecule has 2 heterocycles. The van der Waals surface area contributed by atoms with Gasteiger partial charge in [-0.05, 0) is 45.0 Å². The smallest absolute Gasteiger partial charge is 0.295 e. The van der Waals surface area contributed by atoms with E-state index < -0.39 is 6.43 Å². The van der Waals surface area contributed by atoms with Crippen molar-refractivity contribution in [2.24, 2.45) is 7.05 Å². The summed E-state index contributed by atoms with van der Waals surface area (Å²) < 4.78 is 27.4. The Balaban J connectivity index is 1.70. The third-order valence-electron chi connectivity index (χ3n) is 5.28. The first kappa shape index (κ1) is 19.7. The van der Waals surface area contributed by atoms with Gasteiger partial charge < -0.3 is 19.5 Å². The Hall–Kier alpha value is -2.06. The van der Waals surface area contributed by atoms with Crippen molar-refractivity contribution in [3.8, 4) is 0 Å². The van der Waals surface area contributed by atoms with E-state index >= 15 is 0 Å². The number of fused-ring (bicyclic) bond motifs is 1. The van der Waals surface area contributed by atoms with Crippen molar-refractivity contribution in [3.63, 3.8) is 0 Å². The van der Waals surface area contributed by atoms with E-state index in [9.17, 15) is 18.7 Å². The lowest BCUT2D eigenvalue weighted by Crippen LogP contribution is -2.46. The first-order valence-electron chi connectivity index (χ1n) is 9.20. The van der Waals surface area contributed by atoms with Gasteiger partial charge in [-0.15, -0.1) is 0 Å². The molecule has 1 amide bonds. The maximum Gasteiger partial charge on any atom is 0.295 e. The van der Waals surface area contributed by atoms with E-state index in [2.05, 4.69) is 9.88 Å². The highest BCUT2D eigenvalue weighted by atomic mass is 19.3. The fourth-order valence-electron chi connectivity index (χ4n) is 3.80. The first-order chi connectivity index (χ1) is 12.8. The summed E-state index contributed by atoms with van der Waals surface area (Å²) in [7, 11) is 3.54. The van der Waals surface area contributed by atoms with Gasteiger partial charge in [0, 0.05) is 38.3 Å². The van der Waals surface area contributed by atoms with Gasteiger partial charge in [0.1, 0.15) is 0 Å². The van der Waals surface area contributed by atoms with Gasteiger partial charge >= 0.3 is 0 Å². The average molecular weight is 380 g/mol. The number of halogens is 2. The number of likely N-dealkylation sites (N-methyl/N-ethyl adjacent to an activating group) is 1. The van der Waals surface area contributed by atoms with Crippen LogP contribution in [0.5, 0.6) is 0 Å². The van der Waals surface area contributed by atoms with Gasteiger partial charge in [-0.2, -0.15) is 0 Å². The summed E-state index contributed by atoms with van der Waals surface area (Å²) in [6, 6.07) is 5.28. The van der Waals surface area contributed by atoms with Crippen molar-refractivity contribution in [1.82, 2.24) is 19.4 Å². The van der Waals surface area contributed by atoms with Crippen molar-refractivity contribution in [2.45, 2.75) is 38.3 Å². The molecule has 27 heavy (non-hydrogen) atoms. The Labute approximate surface area is 157 Å². The van der Waals surface area contributed by atoms with Crippen LogP contribution in [0.3, 0.4) is 0 Å². The number of benzene rings is 1. The van der Waals surface area contributed by atoms with Crippen LogP contribution in [0, 0.1) is 0 Å². The van der Waals surface area contributed by atoms with Gasteiger partial charge in [-0.25, -0.2) is 13.8 Å². The van der Waals surface area contributed by atoms with E-state index in [0.717, 1.165) is 12.8 Å². The standard InChI is InChI=1S/C19H26F2N4O2/c1-12(26)11-23(2)14-6-8-25(9-7-14)19(27)13-4-5-16-15(10-13)22-18(17(20)21)24(16)3/h4-5,10,12,14,17,26H,6-9,11H2,1-3H3. The monoisotopic (exact) mass is 380 g/mol. The van der Waals surface area contributed by atoms with E-state index in [1.807, 2.05) is 7.05 Å². The molecule has 0 aliphatic carbocycles. The molecule has 1 saturated heterocycles. The van der Waals surface area contributed by atoms with Gasteiger partial charge in [0.25, 0.3) is 12.3 Å². The van der Waals surface area contributed by atoms with Gasteiger partial charge in [0.15, 0.2) is 5.82 Å². The number of likely N-dealkylation sites (tertiary alicyclic amines) is 1. The molecule has 1 unspecified atom stereocenters. The number of carbonyl (C=O) groups is 1. The van der Waals surface area contributed by atoms with Crippen LogP contribution in [0.1, 0.15) is 42.4 Å². The van der Waals surface area contributed by atoms with Crippen LogP contribution in [-0.2, 0) is 7.05 Å². The normalized spacial score (nSPS) is 17.3. The number of amides is 1. The topological polar surface area (TPSA) is 61.6 Å². The Morgan fingerprint density at radius 1 is 1.37 bits per heavy atom. The molecule has 2 aromatic rings. The molecule has 8 heteroatoms. The lowest BCUT2D eigenvalue weighted by Gasteiger charge is -2.37. The van der Waals surface area contributed by atoms with E-state index in [4.69, 9.17) is 0 Å². The van der Waals surface area contributed by atoms with Crippen LogP contribution in [0.15, 0.2) is 18.2 Å². The molecular weight excluding hydrogens is 354 g/mol. The summed E-state index contributed by atoms with van der Waals surface area (Å²) in [5, 5.41) is 9.52. The first-order valence-corrected chi connectivity index (χ1v) is 9.20. The van der Waals surface area contributed by atoms with E-state index in [0.29, 0.717) is 42.3 Å². The summed E-state index contributed by atoms with van der Waals surface area (Å²) in [4.78, 5) is 20.7. The molecule has 1 aromatic carbocycles. The average Bonchev–Trinajstić information content (AvgIpc) is 2.97. The number of hydrogen-bond acceptors (Lipinski definition) is 4. The maximum atomic E-state index is 13.0. The minimum absolute atomic E-state index is 0.0993. The molecule has 1 N–H and O–H groups in total. The van der Waals surface area contributed by atoms with Gasteiger partial charge in [-0.3, -0.25) is 4.79 Å². The van der Waals surface area contributed by atoms with Gasteiger partial charge in [-0.1, -0.05) is 0 Å². The second-order valence-electron chi connectivity index (χ2n) is 7.35. The molecule has 1 aromatic heterocycles. The largest absolute Gasteiger partial charge is 0.392 e. The number of nitrogens with zero attached hydrogens (tertiary/aromatic N) is 4. The van der Waals surface area contributed by atoms with Crippen LogP contribution in [0.2, 0.25) is 0 Å². The molecule has 0 radical (unpaired) electrons. The van der Waals surface area contributed by atoms with E-state index in [1.165, 1.54) is 4.57 Å². The number of aliphatic hydroxyl groups is 1. The van der Waals surface area contributed by atoms with Crippen LogP contribution in [0.25, 0.3) is 11.0 Å². The maximum absolute atomic E-state index is 13.0. The minimum atomic E-state index is -2.65. The number of hydrogen-bond donors (Lipinski definition) is 1. The van der Waals surface area contributed by atoms with E-state index in [-0.39, 0.29) is 17.8 Å². The molecule has 1 atom stereocenters. The second-order valence-corrected chi connectivity index (χ2v) is 7.35. The number of aliphatic hydroxyl groups excluding tert-OH is 1. The molecule has 0 bridgehead atoms. The zero-order valence-corrected chi connectivity index (χ0v) is 15.9. The summed E-state index contributed by atoms with van der Waals surface area (Å²) in [6.07, 6.45) is -1.34. The van der Waals surface area contributed by atoms with Crippen molar-refractivity contribution in [3.05, 3.63) is 29.6 Å². The number of piperidine rings is 1. The highest BCUT2D eigenvalue weighted by Crippen LogP contribution is 2.25. The molecule has 6 nitrogen and oxygen atoms in total. The lowest BCUT2D eigenvalue weighted by atomic mass is 10.0. The predicted octanol–water partition coefficient (Wildman–Crippen LogP) is 2.43. The number of alkyl halides is 2. The molecular formula is C19H26F2N4O2. The highest BCUT2D eigenvalue weighted by Gasteiger charge is 2.27. The minimum Gasteiger partial charge on any atom is -0.392 e. The number of imidazole rings is 1. The quantitative estimate of drug-likeness (QED) is 0.866. The third kappa shape index (κ3) is 4.11. The highest BCUT2D eigenvalue weighted by molar-refractivity contribution is 5.97. The lowest BCUT2D eigenvalue weighted by molar-refractivity contribution is 0.0577. The Morgan fingerprint density at radius 3 is 2.63 bits per heavy atom. The summed E-state index contributed by atoms with van der Waals surface area (Å²) in [6.45, 7) is 3.65. The number of aromatic nitrogens is 2. The van der Waals surface area contributed by atoms with Crippen molar-refractivity contribution in [1.29, 1.82) is 0 Å². The second kappa shape index (κ2) is 7.90. The zero-order chi connectivity index (χ0) is 19.7. The molecule has 3 rings (SSSR count). The van der Waals surface area contributed by atoms with Crippen LogP contribution in [0.4, 0.5) is 8.78 Å². The predicted molar refractivity (Wildman–Crippen MR) is 98.9 cm³/mol. The molecule has 1 aliphatic heterocycles. The van der Waals surface area contributed by atoms with Crippen LogP contribution in [-0.4, -0.2) is 69.2 Å².